The first-order chi connectivity index (χ1) is 9.35. The van der Waals surface area contributed by atoms with Crippen LogP contribution in [0.2, 0.25) is 0 Å². The van der Waals surface area contributed by atoms with Gasteiger partial charge in [-0.05, 0) is 29.2 Å². The van der Waals surface area contributed by atoms with Crippen LogP contribution < -0.4 is 0 Å². The number of fused-ring (bicyclic) bond motifs is 1. The summed E-state index contributed by atoms with van der Waals surface area (Å²) in [6.07, 6.45) is 5.81. The Morgan fingerprint density at radius 1 is 1.11 bits per heavy atom. The second-order valence-corrected chi connectivity index (χ2v) is 4.85. The third-order valence-corrected chi connectivity index (χ3v) is 3.54. The average Bonchev–Trinajstić information content (AvgIpc) is 2.47. The van der Waals surface area contributed by atoms with Crippen LogP contribution in [0.25, 0.3) is 10.8 Å². The van der Waals surface area contributed by atoms with Gasteiger partial charge in [0.1, 0.15) is 0 Å². The maximum atomic E-state index is 8.55. The molecule has 0 heterocycles. The number of hydrogen-bond donors (Lipinski definition) is 0. The van der Waals surface area contributed by atoms with Gasteiger partial charge in [0.05, 0.1) is 6.07 Å². The molecular weight excluding hydrogens is 230 g/mol. The van der Waals surface area contributed by atoms with Gasteiger partial charge >= 0.3 is 0 Å². The summed E-state index contributed by atoms with van der Waals surface area (Å²) in [5, 5.41) is 11.1. The van der Waals surface area contributed by atoms with Crippen molar-refractivity contribution in [1.29, 1.82) is 5.26 Å². The Morgan fingerprint density at radius 2 is 1.89 bits per heavy atom. The highest BCUT2D eigenvalue weighted by Gasteiger charge is 2.07. The molecule has 1 heteroatoms. The fourth-order valence-corrected chi connectivity index (χ4v) is 2.43. The van der Waals surface area contributed by atoms with Crippen LogP contribution in [0.15, 0.2) is 55.1 Å². The van der Waals surface area contributed by atoms with Crippen molar-refractivity contribution in [3.05, 3.63) is 60.7 Å². The van der Waals surface area contributed by atoms with E-state index < -0.39 is 0 Å². The third-order valence-electron chi connectivity index (χ3n) is 3.54. The average molecular weight is 249 g/mol. The Hall–Kier alpha value is -2.07. The first-order valence-electron chi connectivity index (χ1n) is 6.83. The van der Waals surface area contributed by atoms with Gasteiger partial charge in [-0.1, -0.05) is 55.0 Å². The monoisotopic (exact) mass is 249 g/mol. The number of benzene rings is 2. The van der Waals surface area contributed by atoms with Crippen molar-refractivity contribution in [2.75, 3.05) is 0 Å². The van der Waals surface area contributed by atoms with Gasteiger partial charge in [0.2, 0.25) is 0 Å². The molecule has 0 spiro atoms. The standard InChI is InChI=1S/C18H19N/c1-2-15(8-4-3-7-13-19)18-12-11-16-9-5-6-10-17(16)14-18/h2,5-6,9-12,14-15H,1,3-4,7-8H2/t15-/m1/s1. The zero-order valence-electron chi connectivity index (χ0n) is 11.2. The summed E-state index contributed by atoms with van der Waals surface area (Å²) in [7, 11) is 0. The molecule has 0 aliphatic rings. The largest absolute Gasteiger partial charge is 0.198 e. The summed E-state index contributed by atoms with van der Waals surface area (Å²) >= 11 is 0. The smallest absolute Gasteiger partial charge is 0.0621 e. The normalized spacial score (nSPS) is 11.9. The minimum atomic E-state index is 0.392. The second-order valence-electron chi connectivity index (χ2n) is 4.85. The third kappa shape index (κ3) is 3.45. The minimum Gasteiger partial charge on any atom is -0.198 e. The van der Waals surface area contributed by atoms with Gasteiger partial charge in [-0.15, -0.1) is 6.58 Å². The maximum absolute atomic E-state index is 8.55. The van der Waals surface area contributed by atoms with E-state index in [9.17, 15) is 0 Å². The van der Waals surface area contributed by atoms with Gasteiger partial charge in [-0.2, -0.15) is 5.26 Å². The van der Waals surface area contributed by atoms with E-state index in [0.717, 1.165) is 19.3 Å². The SMILES string of the molecule is C=C[C@H](CCCCC#N)c1ccc2ccccc2c1. The molecule has 0 unspecified atom stereocenters. The van der Waals surface area contributed by atoms with Crippen LogP contribution in [0, 0.1) is 11.3 Å². The van der Waals surface area contributed by atoms with Crippen LogP contribution in [0.1, 0.15) is 37.2 Å². The Labute approximate surface area is 115 Å². The fourth-order valence-electron chi connectivity index (χ4n) is 2.43. The topological polar surface area (TPSA) is 23.8 Å². The predicted octanol–water partition coefficient (Wildman–Crippen LogP) is 5.19. The molecule has 0 saturated heterocycles. The molecule has 19 heavy (non-hydrogen) atoms. The lowest BCUT2D eigenvalue weighted by atomic mass is 9.92. The summed E-state index contributed by atoms with van der Waals surface area (Å²) in [6.45, 7) is 3.95. The zero-order valence-corrected chi connectivity index (χ0v) is 11.2. The van der Waals surface area contributed by atoms with Crippen LogP contribution in [0.4, 0.5) is 0 Å². The van der Waals surface area contributed by atoms with Crippen LogP contribution >= 0.6 is 0 Å². The lowest BCUT2D eigenvalue weighted by Gasteiger charge is -2.13. The van der Waals surface area contributed by atoms with Gasteiger partial charge in [-0.25, -0.2) is 0 Å². The summed E-state index contributed by atoms with van der Waals surface area (Å²) < 4.78 is 0. The molecule has 0 amide bonds. The number of nitriles is 1. The van der Waals surface area contributed by atoms with Crippen molar-refractivity contribution < 1.29 is 0 Å². The first kappa shape index (κ1) is 13.4. The Morgan fingerprint density at radius 3 is 2.63 bits per heavy atom. The van der Waals surface area contributed by atoms with Crippen LogP contribution in [-0.4, -0.2) is 0 Å². The molecule has 2 rings (SSSR count). The lowest BCUT2D eigenvalue weighted by Crippen LogP contribution is -1.95. The van der Waals surface area contributed by atoms with Crippen molar-refractivity contribution >= 4 is 10.8 Å². The van der Waals surface area contributed by atoms with Crippen LogP contribution in [-0.2, 0) is 0 Å². The Kier molecular flexibility index (Phi) is 4.75. The van der Waals surface area contributed by atoms with Crippen molar-refractivity contribution in [2.45, 2.75) is 31.6 Å². The quantitative estimate of drug-likeness (QED) is 0.510. The molecule has 1 atom stereocenters. The highest BCUT2D eigenvalue weighted by Crippen LogP contribution is 2.26. The van der Waals surface area contributed by atoms with Crippen molar-refractivity contribution in [3.63, 3.8) is 0 Å². The van der Waals surface area contributed by atoms with E-state index in [1.807, 2.05) is 6.08 Å². The molecule has 0 aliphatic carbocycles. The van der Waals surface area contributed by atoms with E-state index in [4.69, 9.17) is 5.26 Å². The molecule has 96 valence electrons. The lowest BCUT2D eigenvalue weighted by molar-refractivity contribution is 0.646. The first-order valence-corrected chi connectivity index (χ1v) is 6.83. The van der Waals surface area contributed by atoms with E-state index in [1.54, 1.807) is 0 Å². The number of allylic oxidation sites excluding steroid dienone is 1. The molecule has 0 aliphatic heterocycles. The molecular formula is C18H19N. The highest BCUT2D eigenvalue weighted by atomic mass is 14.2. The molecule has 0 bridgehead atoms. The fraction of sp³-hybridized carbons (Fsp3) is 0.278. The predicted molar refractivity (Wildman–Crippen MR) is 81.0 cm³/mol. The van der Waals surface area contributed by atoms with Crippen molar-refractivity contribution in [1.82, 2.24) is 0 Å². The number of rotatable bonds is 6. The van der Waals surface area contributed by atoms with Crippen molar-refractivity contribution in [3.8, 4) is 6.07 Å². The molecule has 0 saturated carbocycles. The molecule has 2 aromatic carbocycles. The van der Waals surface area contributed by atoms with Gasteiger partial charge in [0, 0.05) is 12.3 Å². The van der Waals surface area contributed by atoms with E-state index in [2.05, 4.69) is 55.1 Å². The zero-order chi connectivity index (χ0) is 13.5. The molecule has 0 fully saturated rings. The maximum Gasteiger partial charge on any atom is 0.0621 e. The summed E-state index contributed by atoms with van der Waals surface area (Å²) in [5.74, 6) is 0.392. The van der Waals surface area contributed by atoms with Crippen molar-refractivity contribution in [2.24, 2.45) is 0 Å². The van der Waals surface area contributed by atoms with Crippen LogP contribution in [0.5, 0.6) is 0 Å². The molecule has 0 N–H and O–H groups in total. The molecule has 0 aromatic heterocycles. The van der Waals surface area contributed by atoms with Gasteiger partial charge in [-0.3, -0.25) is 0 Å². The minimum absolute atomic E-state index is 0.392. The van der Waals surface area contributed by atoms with E-state index in [0.29, 0.717) is 12.3 Å². The number of unbranched alkanes of at least 4 members (excludes halogenated alkanes) is 2. The summed E-state index contributed by atoms with van der Waals surface area (Å²) in [5.41, 5.74) is 1.32. The Balaban J connectivity index is 2.12. The number of nitrogens with zero attached hydrogens (tertiary/aromatic N) is 1. The van der Waals surface area contributed by atoms with Crippen LogP contribution in [0.3, 0.4) is 0 Å². The number of hydrogen-bond acceptors (Lipinski definition) is 1. The summed E-state index contributed by atoms with van der Waals surface area (Å²) in [6, 6.07) is 17.2. The van der Waals surface area contributed by atoms with Gasteiger partial charge < -0.3 is 0 Å². The van der Waals surface area contributed by atoms with E-state index in [-0.39, 0.29) is 0 Å². The van der Waals surface area contributed by atoms with Gasteiger partial charge in [0.25, 0.3) is 0 Å². The van der Waals surface area contributed by atoms with E-state index in [1.165, 1.54) is 16.3 Å². The molecule has 1 nitrogen and oxygen atoms in total. The molecule has 0 radical (unpaired) electrons. The van der Waals surface area contributed by atoms with Gasteiger partial charge in [0.15, 0.2) is 0 Å². The Bertz CT molecular complexity index is 592. The molecule has 2 aromatic rings. The second kappa shape index (κ2) is 6.75. The highest BCUT2D eigenvalue weighted by molar-refractivity contribution is 5.83. The van der Waals surface area contributed by atoms with E-state index >= 15 is 0 Å². The summed E-state index contributed by atoms with van der Waals surface area (Å²) in [4.78, 5) is 0.